The third kappa shape index (κ3) is 1.66. The molecule has 1 rings (SSSR count). The van der Waals surface area contributed by atoms with Crippen LogP contribution >= 0.6 is 11.6 Å². The molecule has 0 aromatic heterocycles. The van der Waals surface area contributed by atoms with Crippen molar-refractivity contribution in [3.63, 3.8) is 0 Å². The van der Waals surface area contributed by atoms with E-state index < -0.39 is 0 Å². The molecular weight excluding hydrogens is 110 g/mol. The topological polar surface area (TPSA) is 12.0 Å². The first-order chi connectivity index (χ1) is 3.39. The molecule has 0 amide bonds. The highest BCUT2D eigenvalue weighted by Gasteiger charge is 2.07. The van der Waals surface area contributed by atoms with Crippen molar-refractivity contribution < 1.29 is 0 Å². The highest BCUT2D eigenvalue weighted by atomic mass is 35.5. The van der Waals surface area contributed by atoms with Gasteiger partial charge < -0.3 is 5.32 Å². The largest absolute Gasteiger partial charge is 0.315 e. The molecule has 1 nitrogen and oxygen atoms in total. The number of halogens is 1. The molecule has 0 bridgehead atoms. The van der Waals surface area contributed by atoms with Crippen LogP contribution in [-0.2, 0) is 0 Å². The van der Waals surface area contributed by atoms with E-state index in [4.69, 9.17) is 11.6 Å². The molecule has 1 fully saturated rings. The normalized spacial score (nSPS) is 33.0. The lowest BCUT2D eigenvalue weighted by Crippen LogP contribution is -2.30. The van der Waals surface area contributed by atoms with Gasteiger partial charge in [0.15, 0.2) is 0 Å². The molecule has 1 aliphatic heterocycles. The van der Waals surface area contributed by atoms with Gasteiger partial charge >= 0.3 is 0 Å². The maximum atomic E-state index is 5.70. The minimum absolute atomic E-state index is 0.272. The molecule has 1 atom stereocenters. The second kappa shape index (κ2) is 2.53. The van der Waals surface area contributed by atoms with E-state index in [1.165, 1.54) is 0 Å². The van der Waals surface area contributed by atoms with Gasteiger partial charge in [-0.05, 0) is 19.4 Å². The summed E-state index contributed by atoms with van der Waals surface area (Å²) in [5.41, 5.74) is 0. The van der Waals surface area contributed by atoms with E-state index in [0.29, 0.717) is 0 Å². The number of piperidine rings is 1. The Hall–Kier alpha value is 0.250. The Bertz CT molecular complexity index is 50.0. The summed E-state index contributed by atoms with van der Waals surface area (Å²) < 4.78 is 0. The third-order valence-electron chi connectivity index (χ3n) is 1.08. The second-order valence-corrected chi connectivity index (χ2v) is 2.31. The van der Waals surface area contributed by atoms with E-state index in [2.05, 4.69) is 11.7 Å². The van der Waals surface area contributed by atoms with E-state index in [0.717, 1.165) is 19.5 Å². The molecule has 0 aromatic rings. The summed E-state index contributed by atoms with van der Waals surface area (Å²) in [5.74, 6) is 0. The van der Waals surface area contributed by atoms with Crippen LogP contribution in [0.3, 0.4) is 0 Å². The van der Waals surface area contributed by atoms with Crippen LogP contribution < -0.4 is 5.32 Å². The first-order valence-corrected chi connectivity index (χ1v) is 3.01. The molecule has 1 radical (unpaired) electrons. The first kappa shape index (κ1) is 5.39. The SMILES string of the molecule is ClC1[CH]CCNC1. The van der Waals surface area contributed by atoms with Gasteiger partial charge in [0.2, 0.25) is 0 Å². The van der Waals surface area contributed by atoms with Crippen LogP contribution in [0.15, 0.2) is 0 Å². The van der Waals surface area contributed by atoms with Gasteiger partial charge in [-0.15, -0.1) is 11.6 Å². The number of alkyl halides is 1. The summed E-state index contributed by atoms with van der Waals surface area (Å²) in [6.07, 6.45) is 3.26. The lowest BCUT2D eigenvalue weighted by atomic mass is 10.2. The van der Waals surface area contributed by atoms with Crippen LogP contribution in [0.5, 0.6) is 0 Å². The predicted molar refractivity (Wildman–Crippen MR) is 31.4 cm³/mol. The van der Waals surface area contributed by atoms with Crippen molar-refractivity contribution in [3.05, 3.63) is 6.42 Å². The van der Waals surface area contributed by atoms with Crippen LogP contribution in [0.2, 0.25) is 0 Å². The molecule has 2 heteroatoms. The van der Waals surface area contributed by atoms with Crippen molar-refractivity contribution in [2.45, 2.75) is 11.8 Å². The molecule has 1 unspecified atom stereocenters. The van der Waals surface area contributed by atoms with Gasteiger partial charge in [0.05, 0.1) is 0 Å². The van der Waals surface area contributed by atoms with E-state index in [1.54, 1.807) is 0 Å². The fourth-order valence-corrected chi connectivity index (χ4v) is 0.925. The van der Waals surface area contributed by atoms with Crippen molar-refractivity contribution in [2.24, 2.45) is 0 Å². The fourth-order valence-electron chi connectivity index (χ4n) is 0.690. The first-order valence-electron chi connectivity index (χ1n) is 2.58. The lowest BCUT2D eigenvalue weighted by molar-refractivity contribution is 0.609. The minimum Gasteiger partial charge on any atom is -0.315 e. The molecule has 0 aliphatic carbocycles. The minimum atomic E-state index is 0.272. The molecule has 0 aromatic carbocycles. The number of hydrogen-bond acceptors (Lipinski definition) is 1. The highest BCUT2D eigenvalue weighted by Crippen LogP contribution is 2.05. The van der Waals surface area contributed by atoms with E-state index in [1.807, 2.05) is 0 Å². The summed E-state index contributed by atoms with van der Waals surface area (Å²) in [7, 11) is 0. The number of nitrogens with one attached hydrogen (secondary N) is 1. The standard InChI is InChI=1S/C5H9ClN/c6-5-2-1-3-7-4-5/h2,5,7H,1,3-4H2. The molecule has 0 spiro atoms. The molecular formula is C5H9ClN. The van der Waals surface area contributed by atoms with Crippen LogP contribution in [0.25, 0.3) is 0 Å². The van der Waals surface area contributed by atoms with E-state index in [-0.39, 0.29) is 5.38 Å². The maximum absolute atomic E-state index is 5.70. The Morgan fingerprint density at radius 1 is 1.71 bits per heavy atom. The maximum Gasteiger partial charge on any atom is 0.0492 e. The molecule has 41 valence electrons. The van der Waals surface area contributed by atoms with Crippen LogP contribution in [0.4, 0.5) is 0 Å². The number of rotatable bonds is 0. The van der Waals surface area contributed by atoms with Crippen LogP contribution in [0.1, 0.15) is 6.42 Å². The van der Waals surface area contributed by atoms with Crippen LogP contribution in [0, 0.1) is 6.42 Å². The quantitative estimate of drug-likeness (QED) is 0.464. The molecule has 1 aliphatic rings. The Labute approximate surface area is 49.0 Å². The Kier molecular flexibility index (Phi) is 1.95. The van der Waals surface area contributed by atoms with E-state index >= 15 is 0 Å². The van der Waals surface area contributed by atoms with Gasteiger partial charge in [0.25, 0.3) is 0 Å². The monoisotopic (exact) mass is 118 g/mol. The fraction of sp³-hybridized carbons (Fsp3) is 0.800. The molecule has 1 heterocycles. The Morgan fingerprint density at radius 2 is 2.57 bits per heavy atom. The summed E-state index contributed by atoms with van der Waals surface area (Å²) in [5, 5.41) is 3.44. The van der Waals surface area contributed by atoms with Gasteiger partial charge in [-0.2, -0.15) is 0 Å². The molecule has 1 saturated heterocycles. The van der Waals surface area contributed by atoms with Crippen molar-refractivity contribution in [3.8, 4) is 0 Å². The highest BCUT2D eigenvalue weighted by molar-refractivity contribution is 6.21. The lowest BCUT2D eigenvalue weighted by Gasteiger charge is -2.15. The number of hydrogen-bond donors (Lipinski definition) is 1. The molecule has 0 saturated carbocycles. The van der Waals surface area contributed by atoms with Gasteiger partial charge in [0.1, 0.15) is 0 Å². The summed E-state index contributed by atoms with van der Waals surface area (Å²) >= 11 is 5.70. The van der Waals surface area contributed by atoms with Gasteiger partial charge in [0, 0.05) is 11.9 Å². The van der Waals surface area contributed by atoms with Gasteiger partial charge in [-0.3, -0.25) is 0 Å². The van der Waals surface area contributed by atoms with Crippen LogP contribution in [-0.4, -0.2) is 18.5 Å². The Balaban J connectivity index is 2.12. The van der Waals surface area contributed by atoms with Gasteiger partial charge in [-0.1, -0.05) is 0 Å². The Morgan fingerprint density at radius 3 is 2.86 bits per heavy atom. The molecule has 1 N–H and O–H groups in total. The summed E-state index contributed by atoms with van der Waals surface area (Å²) in [6, 6.07) is 0. The second-order valence-electron chi connectivity index (χ2n) is 1.74. The average molecular weight is 119 g/mol. The summed E-state index contributed by atoms with van der Waals surface area (Å²) in [4.78, 5) is 0. The zero-order valence-corrected chi connectivity index (χ0v) is 4.91. The average Bonchev–Trinajstić information content (AvgIpc) is 1.69. The smallest absolute Gasteiger partial charge is 0.0492 e. The predicted octanol–water partition coefficient (Wildman–Crippen LogP) is 0.791. The third-order valence-corrected chi connectivity index (χ3v) is 1.42. The van der Waals surface area contributed by atoms with Crippen molar-refractivity contribution in [1.29, 1.82) is 0 Å². The van der Waals surface area contributed by atoms with E-state index in [9.17, 15) is 0 Å². The van der Waals surface area contributed by atoms with Crippen molar-refractivity contribution >= 4 is 11.6 Å². The molecule has 7 heavy (non-hydrogen) atoms. The van der Waals surface area contributed by atoms with Crippen molar-refractivity contribution in [1.82, 2.24) is 5.32 Å². The van der Waals surface area contributed by atoms with Gasteiger partial charge in [-0.25, -0.2) is 0 Å². The zero-order chi connectivity index (χ0) is 5.11. The van der Waals surface area contributed by atoms with Crippen molar-refractivity contribution in [2.75, 3.05) is 13.1 Å². The zero-order valence-electron chi connectivity index (χ0n) is 4.15. The summed E-state index contributed by atoms with van der Waals surface area (Å²) in [6.45, 7) is 2.05.